The standard InChI is InChI=1S/C19H21N5OS/c1-19(12-20,13-9-10-13)22-18(25)16-21-17(15-8-5-11-26-15)24(23-16)14-6-3-2-4-7-14/h2-8,11,13H,9-10,12,20H2,1H3,(H,22,25). The molecule has 1 aliphatic carbocycles. The molecule has 7 heteroatoms. The van der Waals surface area contributed by atoms with Crippen LogP contribution in [0.4, 0.5) is 0 Å². The molecule has 2 heterocycles. The summed E-state index contributed by atoms with van der Waals surface area (Å²) in [7, 11) is 0. The summed E-state index contributed by atoms with van der Waals surface area (Å²) < 4.78 is 1.72. The van der Waals surface area contributed by atoms with E-state index in [1.54, 1.807) is 16.0 Å². The van der Waals surface area contributed by atoms with Gasteiger partial charge in [0.25, 0.3) is 5.91 Å². The summed E-state index contributed by atoms with van der Waals surface area (Å²) >= 11 is 1.57. The lowest BCUT2D eigenvalue weighted by atomic mass is 9.96. The van der Waals surface area contributed by atoms with Gasteiger partial charge in [0, 0.05) is 6.54 Å². The van der Waals surface area contributed by atoms with Crippen molar-refractivity contribution in [3.8, 4) is 16.4 Å². The number of amides is 1. The summed E-state index contributed by atoms with van der Waals surface area (Å²) in [6, 6.07) is 13.7. The van der Waals surface area contributed by atoms with Gasteiger partial charge in [-0.15, -0.1) is 16.4 Å². The van der Waals surface area contributed by atoms with Crippen molar-refractivity contribution < 1.29 is 4.79 Å². The zero-order chi connectivity index (χ0) is 18.1. The van der Waals surface area contributed by atoms with Crippen molar-refractivity contribution in [2.75, 3.05) is 6.54 Å². The maximum absolute atomic E-state index is 12.8. The third kappa shape index (κ3) is 3.15. The molecule has 1 atom stereocenters. The van der Waals surface area contributed by atoms with E-state index in [-0.39, 0.29) is 11.7 Å². The molecule has 1 saturated carbocycles. The number of hydrogen-bond donors (Lipinski definition) is 2. The Labute approximate surface area is 156 Å². The van der Waals surface area contributed by atoms with Crippen molar-refractivity contribution in [1.29, 1.82) is 0 Å². The second kappa shape index (κ2) is 6.66. The zero-order valence-electron chi connectivity index (χ0n) is 14.6. The molecule has 3 N–H and O–H groups in total. The minimum absolute atomic E-state index is 0.164. The van der Waals surface area contributed by atoms with Crippen LogP contribution < -0.4 is 11.1 Å². The quantitative estimate of drug-likeness (QED) is 0.701. The van der Waals surface area contributed by atoms with Crippen molar-refractivity contribution in [3.05, 3.63) is 53.7 Å². The maximum Gasteiger partial charge on any atom is 0.291 e. The van der Waals surface area contributed by atoms with E-state index in [1.165, 1.54) is 0 Å². The first-order valence-corrected chi connectivity index (χ1v) is 9.57. The highest BCUT2D eigenvalue weighted by atomic mass is 32.1. The maximum atomic E-state index is 12.8. The Hall–Kier alpha value is -2.51. The van der Waals surface area contributed by atoms with Crippen LogP contribution in [0, 0.1) is 5.92 Å². The Morgan fingerprint density at radius 2 is 2.08 bits per heavy atom. The first-order valence-electron chi connectivity index (χ1n) is 8.69. The Bertz CT molecular complexity index is 901. The molecule has 3 aromatic rings. The average Bonchev–Trinajstić information content (AvgIpc) is 3.21. The zero-order valence-corrected chi connectivity index (χ0v) is 15.4. The number of carbonyl (C=O) groups is 1. The fourth-order valence-corrected chi connectivity index (χ4v) is 3.78. The minimum atomic E-state index is -0.404. The summed E-state index contributed by atoms with van der Waals surface area (Å²) in [5.41, 5.74) is 6.38. The lowest BCUT2D eigenvalue weighted by molar-refractivity contribution is 0.0887. The summed E-state index contributed by atoms with van der Waals surface area (Å²) in [5.74, 6) is 0.983. The van der Waals surface area contributed by atoms with Gasteiger partial charge in [0.1, 0.15) is 0 Å². The Kier molecular flexibility index (Phi) is 4.34. The predicted molar refractivity (Wildman–Crippen MR) is 102 cm³/mol. The van der Waals surface area contributed by atoms with Crippen LogP contribution in [0.1, 0.15) is 30.4 Å². The molecule has 1 fully saturated rings. The van der Waals surface area contributed by atoms with Crippen molar-refractivity contribution in [2.24, 2.45) is 11.7 Å². The van der Waals surface area contributed by atoms with Crippen LogP contribution in [-0.4, -0.2) is 32.8 Å². The first-order chi connectivity index (χ1) is 12.6. The van der Waals surface area contributed by atoms with E-state index in [1.807, 2.05) is 54.8 Å². The van der Waals surface area contributed by atoms with Crippen molar-refractivity contribution in [1.82, 2.24) is 20.1 Å². The predicted octanol–water partition coefficient (Wildman–Crippen LogP) is 2.85. The number of rotatable bonds is 6. The number of para-hydroxylation sites is 1. The van der Waals surface area contributed by atoms with E-state index in [4.69, 9.17) is 5.73 Å². The number of aromatic nitrogens is 3. The summed E-state index contributed by atoms with van der Waals surface area (Å²) in [4.78, 5) is 18.3. The highest BCUT2D eigenvalue weighted by Crippen LogP contribution is 2.39. The molecular weight excluding hydrogens is 346 g/mol. The van der Waals surface area contributed by atoms with E-state index < -0.39 is 5.54 Å². The van der Waals surface area contributed by atoms with Gasteiger partial charge in [0.15, 0.2) is 5.82 Å². The fraction of sp³-hybridized carbons (Fsp3) is 0.316. The Morgan fingerprint density at radius 3 is 2.69 bits per heavy atom. The number of nitrogens with zero attached hydrogens (tertiary/aromatic N) is 3. The third-order valence-corrected chi connectivity index (χ3v) is 5.72. The van der Waals surface area contributed by atoms with Gasteiger partial charge in [-0.25, -0.2) is 9.67 Å². The van der Waals surface area contributed by atoms with Gasteiger partial charge in [0.2, 0.25) is 5.82 Å². The number of hydrogen-bond acceptors (Lipinski definition) is 5. The van der Waals surface area contributed by atoms with Crippen molar-refractivity contribution >= 4 is 17.2 Å². The first kappa shape index (κ1) is 16.9. The van der Waals surface area contributed by atoms with E-state index >= 15 is 0 Å². The van der Waals surface area contributed by atoms with Gasteiger partial charge in [-0.3, -0.25) is 4.79 Å². The number of carbonyl (C=O) groups excluding carboxylic acids is 1. The molecule has 0 radical (unpaired) electrons. The second-order valence-electron chi connectivity index (χ2n) is 6.83. The molecule has 0 bridgehead atoms. The lowest BCUT2D eigenvalue weighted by Gasteiger charge is -2.28. The molecule has 4 rings (SSSR count). The molecule has 1 aliphatic rings. The van der Waals surface area contributed by atoms with Gasteiger partial charge >= 0.3 is 0 Å². The van der Waals surface area contributed by atoms with E-state index in [9.17, 15) is 4.79 Å². The molecule has 0 spiro atoms. The van der Waals surface area contributed by atoms with E-state index in [2.05, 4.69) is 15.4 Å². The van der Waals surface area contributed by atoms with Crippen LogP contribution >= 0.6 is 11.3 Å². The topological polar surface area (TPSA) is 85.8 Å². The van der Waals surface area contributed by atoms with Gasteiger partial charge in [-0.1, -0.05) is 24.3 Å². The molecule has 134 valence electrons. The van der Waals surface area contributed by atoms with Gasteiger partial charge < -0.3 is 11.1 Å². The summed E-state index contributed by atoms with van der Waals surface area (Å²) in [6.07, 6.45) is 2.20. The normalized spacial score (nSPS) is 16.2. The molecule has 26 heavy (non-hydrogen) atoms. The highest BCUT2D eigenvalue weighted by Gasteiger charge is 2.42. The van der Waals surface area contributed by atoms with Crippen LogP contribution in [0.25, 0.3) is 16.4 Å². The molecule has 1 amide bonds. The summed E-state index contributed by atoms with van der Waals surface area (Å²) in [5, 5.41) is 9.54. The molecule has 0 aliphatic heterocycles. The lowest BCUT2D eigenvalue weighted by Crippen LogP contribution is -2.53. The average molecular weight is 367 g/mol. The molecule has 2 aromatic heterocycles. The Balaban J connectivity index is 1.70. The smallest absolute Gasteiger partial charge is 0.291 e. The van der Waals surface area contributed by atoms with Crippen LogP contribution in [0.3, 0.4) is 0 Å². The van der Waals surface area contributed by atoms with Gasteiger partial charge in [-0.05, 0) is 49.3 Å². The van der Waals surface area contributed by atoms with Crippen molar-refractivity contribution in [3.63, 3.8) is 0 Å². The number of benzene rings is 1. The van der Waals surface area contributed by atoms with E-state index in [0.29, 0.717) is 18.3 Å². The highest BCUT2D eigenvalue weighted by molar-refractivity contribution is 7.13. The third-order valence-electron chi connectivity index (χ3n) is 4.85. The van der Waals surface area contributed by atoms with E-state index in [0.717, 1.165) is 23.4 Å². The van der Waals surface area contributed by atoms with Crippen LogP contribution in [-0.2, 0) is 0 Å². The van der Waals surface area contributed by atoms with Crippen LogP contribution in [0.15, 0.2) is 47.8 Å². The molecule has 0 saturated heterocycles. The largest absolute Gasteiger partial charge is 0.343 e. The number of thiophene rings is 1. The minimum Gasteiger partial charge on any atom is -0.343 e. The number of nitrogens with one attached hydrogen (secondary N) is 1. The van der Waals surface area contributed by atoms with Crippen LogP contribution in [0.2, 0.25) is 0 Å². The molecular formula is C19H21N5OS. The Morgan fingerprint density at radius 1 is 1.31 bits per heavy atom. The molecule has 1 unspecified atom stereocenters. The molecule has 6 nitrogen and oxygen atoms in total. The van der Waals surface area contributed by atoms with Gasteiger partial charge in [-0.2, -0.15) is 0 Å². The number of nitrogens with two attached hydrogens (primary N) is 1. The SMILES string of the molecule is CC(CN)(NC(=O)c1nc(-c2cccs2)n(-c2ccccc2)n1)C1CC1. The van der Waals surface area contributed by atoms with Crippen molar-refractivity contribution in [2.45, 2.75) is 25.3 Å². The fourth-order valence-electron chi connectivity index (χ4n) is 3.08. The second-order valence-corrected chi connectivity index (χ2v) is 7.78. The van der Waals surface area contributed by atoms with Crippen LogP contribution in [0.5, 0.6) is 0 Å². The van der Waals surface area contributed by atoms with Gasteiger partial charge in [0.05, 0.1) is 16.1 Å². The monoisotopic (exact) mass is 367 g/mol. The summed E-state index contributed by atoms with van der Waals surface area (Å²) in [6.45, 7) is 2.40. The molecule has 1 aromatic carbocycles.